The Kier molecular flexibility index (Phi) is 4.10. The van der Waals surface area contributed by atoms with E-state index in [1.165, 1.54) is 12.1 Å². The Hall–Kier alpha value is -1.25. The molecule has 0 bridgehead atoms. The maximum atomic E-state index is 13.6. The maximum absolute atomic E-state index is 13.6. The fraction of sp³-hybridized carbons (Fsp3) is 0.533. The summed E-state index contributed by atoms with van der Waals surface area (Å²) in [7, 11) is 0. The average molecular weight is 252 g/mol. The standard InChI is InChI=1S/C15H18F2O/c1-2-10-5-3-6-11(9-10)15(18)12-7-4-8-13(16)14(12)17/h4,7-8,10-11H,2-3,5-6,9H2,1H3. The second-order valence-electron chi connectivity index (χ2n) is 5.10. The zero-order chi connectivity index (χ0) is 13.1. The van der Waals surface area contributed by atoms with Crippen LogP contribution in [0.15, 0.2) is 18.2 Å². The summed E-state index contributed by atoms with van der Waals surface area (Å²) in [6, 6.07) is 3.82. The zero-order valence-corrected chi connectivity index (χ0v) is 10.6. The molecule has 0 amide bonds. The summed E-state index contributed by atoms with van der Waals surface area (Å²) in [5, 5.41) is 0. The first-order chi connectivity index (χ1) is 8.63. The third-order valence-electron chi connectivity index (χ3n) is 3.95. The Morgan fingerprint density at radius 3 is 2.83 bits per heavy atom. The van der Waals surface area contributed by atoms with Crippen LogP contribution in [0, 0.1) is 23.5 Å². The summed E-state index contributed by atoms with van der Waals surface area (Å²) in [4.78, 5) is 12.2. The smallest absolute Gasteiger partial charge is 0.169 e. The van der Waals surface area contributed by atoms with Crippen molar-refractivity contribution in [1.29, 1.82) is 0 Å². The molecule has 0 N–H and O–H groups in total. The van der Waals surface area contributed by atoms with E-state index in [0.29, 0.717) is 5.92 Å². The van der Waals surface area contributed by atoms with Crippen LogP contribution in [0.25, 0.3) is 0 Å². The van der Waals surface area contributed by atoms with Gasteiger partial charge in [-0.1, -0.05) is 32.3 Å². The van der Waals surface area contributed by atoms with Crippen LogP contribution in [-0.4, -0.2) is 5.78 Å². The molecule has 0 aliphatic heterocycles. The molecule has 0 aromatic heterocycles. The first-order valence-corrected chi connectivity index (χ1v) is 6.61. The third kappa shape index (κ3) is 2.60. The molecule has 2 atom stereocenters. The second kappa shape index (κ2) is 5.59. The summed E-state index contributed by atoms with van der Waals surface area (Å²) in [6.07, 6.45) is 4.81. The fourth-order valence-corrected chi connectivity index (χ4v) is 2.81. The molecule has 3 heteroatoms. The second-order valence-corrected chi connectivity index (χ2v) is 5.10. The van der Waals surface area contributed by atoms with E-state index in [0.717, 1.165) is 38.2 Å². The molecule has 1 aromatic rings. The van der Waals surface area contributed by atoms with Crippen molar-refractivity contribution in [1.82, 2.24) is 0 Å². The van der Waals surface area contributed by atoms with Crippen molar-refractivity contribution in [3.8, 4) is 0 Å². The van der Waals surface area contributed by atoms with Crippen LogP contribution in [-0.2, 0) is 0 Å². The molecular formula is C15H18F2O. The molecule has 0 spiro atoms. The first-order valence-electron chi connectivity index (χ1n) is 6.61. The van der Waals surface area contributed by atoms with Gasteiger partial charge in [-0.3, -0.25) is 4.79 Å². The lowest BCUT2D eigenvalue weighted by molar-refractivity contribution is 0.0856. The lowest BCUT2D eigenvalue weighted by Crippen LogP contribution is -2.23. The van der Waals surface area contributed by atoms with Crippen molar-refractivity contribution in [2.45, 2.75) is 39.0 Å². The molecule has 2 unspecified atom stereocenters. The molecule has 1 aliphatic carbocycles. The van der Waals surface area contributed by atoms with Gasteiger partial charge in [0.05, 0.1) is 5.56 Å². The molecule has 1 saturated carbocycles. The van der Waals surface area contributed by atoms with E-state index in [9.17, 15) is 13.6 Å². The van der Waals surface area contributed by atoms with Crippen LogP contribution >= 0.6 is 0 Å². The van der Waals surface area contributed by atoms with Gasteiger partial charge in [-0.05, 0) is 30.9 Å². The van der Waals surface area contributed by atoms with Crippen molar-refractivity contribution in [2.24, 2.45) is 11.8 Å². The maximum Gasteiger partial charge on any atom is 0.169 e. The minimum Gasteiger partial charge on any atom is -0.294 e. The average Bonchev–Trinajstić information content (AvgIpc) is 2.41. The Bertz CT molecular complexity index is 442. The molecule has 18 heavy (non-hydrogen) atoms. The van der Waals surface area contributed by atoms with Crippen LogP contribution in [0.1, 0.15) is 49.4 Å². The van der Waals surface area contributed by atoms with Crippen LogP contribution in [0.2, 0.25) is 0 Å². The predicted molar refractivity (Wildman–Crippen MR) is 66.4 cm³/mol. The van der Waals surface area contributed by atoms with E-state index < -0.39 is 11.6 Å². The number of benzene rings is 1. The van der Waals surface area contributed by atoms with Gasteiger partial charge in [-0.25, -0.2) is 8.78 Å². The molecular weight excluding hydrogens is 234 g/mol. The molecule has 1 nitrogen and oxygen atoms in total. The van der Waals surface area contributed by atoms with E-state index in [2.05, 4.69) is 6.92 Å². The number of halogens is 2. The van der Waals surface area contributed by atoms with Gasteiger partial charge in [0.25, 0.3) is 0 Å². The third-order valence-corrected chi connectivity index (χ3v) is 3.95. The van der Waals surface area contributed by atoms with Crippen molar-refractivity contribution >= 4 is 5.78 Å². The van der Waals surface area contributed by atoms with Gasteiger partial charge in [0, 0.05) is 5.92 Å². The van der Waals surface area contributed by atoms with Crippen molar-refractivity contribution in [3.05, 3.63) is 35.4 Å². The minimum absolute atomic E-state index is 0.0863. The molecule has 1 aliphatic rings. The van der Waals surface area contributed by atoms with Gasteiger partial charge in [0.1, 0.15) is 0 Å². The summed E-state index contributed by atoms with van der Waals surface area (Å²) in [5.74, 6) is -1.76. The van der Waals surface area contributed by atoms with Crippen molar-refractivity contribution in [3.63, 3.8) is 0 Å². The molecule has 1 aromatic carbocycles. The van der Waals surface area contributed by atoms with Crippen LogP contribution < -0.4 is 0 Å². The highest BCUT2D eigenvalue weighted by molar-refractivity contribution is 5.98. The summed E-state index contributed by atoms with van der Waals surface area (Å²) >= 11 is 0. The Labute approximate surface area is 106 Å². The van der Waals surface area contributed by atoms with Crippen molar-refractivity contribution in [2.75, 3.05) is 0 Å². The van der Waals surface area contributed by atoms with Gasteiger partial charge in [-0.15, -0.1) is 0 Å². The molecule has 98 valence electrons. The Balaban J connectivity index is 2.18. The van der Waals surface area contributed by atoms with E-state index in [1.54, 1.807) is 0 Å². The molecule has 0 heterocycles. The van der Waals surface area contributed by atoms with E-state index >= 15 is 0 Å². The first kappa shape index (κ1) is 13.2. The van der Waals surface area contributed by atoms with Gasteiger partial charge in [0.15, 0.2) is 17.4 Å². The van der Waals surface area contributed by atoms with Gasteiger partial charge >= 0.3 is 0 Å². The highest BCUT2D eigenvalue weighted by atomic mass is 19.2. The topological polar surface area (TPSA) is 17.1 Å². The van der Waals surface area contributed by atoms with Crippen LogP contribution in [0.4, 0.5) is 8.78 Å². The lowest BCUT2D eigenvalue weighted by Gasteiger charge is -2.27. The number of ketones is 1. The Morgan fingerprint density at radius 1 is 1.33 bits per heavy atom. The molecule has 0 radical (unpaired) electrons. The number of hydrogen-bond donors (Lipinski definition) is 0. The SMILES string of the molecule is CCC1CCCC(C(=O)c2cccc(F)c2F)C1. The zero-order valence-electron chi connectivity index (χ0n) is 10.6. The molecule has 1 fully saturated rings. The van der Waals surface area contributed by atoms with Crippen molar-refractivity contribution < 1.29 is 13.6 Å². The number of hydrogen-bond acceptors (Lipinski definition) is 1. The van der Waals surface area contributed by atoms with Gasteiger partial charge in [0.2, 0.25) is 0 Å². The number of Topliss-reactive ketones (excluding diaryl/α,β-unsaturated/α-hetero) is 1. The fourth-order valence-electron chi connectivity index (χ4n) is 2.81. The summed E-state index contributed by atoms with van der Waals surface area (Å²) in [6.45, 7) is 2.11. The van der Waals surface area contributed by atoms with E-state index in [4.69, 9.17) is 0 Å². The predicted octanol–water partition coefficient (Wildman–Crippen LogP) is 4.36. The summed E-state index contributed by atoms with van der Waals surface area (Å²) < 4.78 is 26.7. The Morgan fingerprint density at radius 2 is 2.11 bits per heavy atom. The quantitative estimate of drug-likeness (QED) is 0.730. The van der Waals surface area contributed by atoms with Crippen LogP contribution in [0.5, 0.6) is 0 Å². The number of carbonyl (C=O) groups excluding carboxylic acids is 1. The highest BCUT2D eigenvalue weighted by Crippen LogP contribution is 2.33. The molecule has 2 rings (SSSR count). The minimum atomic E-state index is -0.999. The van der Waals surface area contributed by atoms with E-state index in [1.807, 2.05) is 0 Å². The summed E-state index contributed by atoms with van der Waals surface area (Å²) in [5.41, 5.74) is -0.0863. The van der Waals surface area contributed by atoms with Crippen LogP contribution in [0.3, 0.4) is 0 Å². The normalized spacial score (nSPS) is 23.9. The van der Waals surface area contributed by atoms with Gasteiger partial charge in [-0.2, -0.15) is 0 Å². The lowest BCUT2D eigenvalue weighted by atomic mass is 9.77. The highest BCUT2D eigenvalue weighted by Gasteiger charge is 2.29. The molecule has 0 saturated heterocycles. The largest absolute Gasteiger partial charge is 0.294 e. The monoisotopic (exact) mass is 252 g/mol. The van der Waals surface area contributed by atoms with Gasteiger partial charge < -0.3 is 0 Å². The number of rotatable bonds is 3. The number of carbonyl (C=O) groups is 1. The van der Waals surface area contributed by atoms with E-state index in [-0.39, 0.29) is 17.3 Å².